The summed E-state index contributed by atoms with van der Waals surface area (Å²) < 4.78 is 4.28. The van der Waals surface area contributed by atoms with Gasteiger partial charge < -0.3 is 46.4 Å². The van der Waals surface area contributed by atoms with Crippen LogP contribution in [0.2, 0.25) is 0 Å². The first-order valence-corrected chi connectivity index (χ1v) is 18.4. The number of cyclic esters (lactones) is 1. The molecule has 4 aromatic rings. The number of hydrogen-bond donors (Lipinski definition) is 3. The number of ether oxygens (including phenoxy) is 1. The number of fused-ring (bicyclic) bond motifs is 6. The maximum absolute atomic E-state index is 10.5. The smallest absolute Gasteiger partial charge is 0.853 e. The van der Waals surface area contributed by atoms with Gasteiger partial charge in [0.25, 0.3) is 0 Å². The van der Waals surface area contributed by atoms with Crippen LogP contribution in [0.1, 0.15) is 49.9 Å². The molecule has 0 saturated heterocycles. The molecule has 0 aromatic heterocycles. The number of esters is 1. The van der Waals surface area contributed by atoms with E-state index in [0.29, 0.717) is 0 Å². The number of carbonyl (C=O) groups is 1. The van der Waals surface area contributed by atoms with Gasteiger partial charge in [0, 0.05) is 0 Å². The monoisotopic (exact) mass is 808 g/mol. The Bertz CT molecular complexity index is 2460. The van der Waals surface area contributed by atoms with Crippen molar-refractivity contribution in [2.45, 2.75) is 52.0 Å². The summed E-state index contributed by atoms with van der Waals surface area (Å²) in [6.07, 6.45) is 9.90. The predicted octanol–water partition coefficient (Wildman–Crippen LogP) is 8.42. The topological polar surface area (TPSA) is 166 Å². The van der Waals surface area contributed by atoms with E-state index in [9.17, 15) is 9.90 Å². The number of benzene rings is 4. The van der Waals surface area contributed by atoms with E-state index >= 15 is 0 Å². The van der Waals surface area contributed by atoms with Crippen LogP contribution in [0.25, 0.3) is 44.6 Å². The third kappa shape index (κ3) is 8.57. The molecule has 57 heavy (non-hydrogen) atoms. The molecule has 4 atom stereocenters. The maximum Gasteiger partial charge on any atom is 1.00 e. The zero-order valence-electron chi connectivity index (χ0n) is 31.7. The minimum atomic E-state index is -1.53. The largest absolute Gasteiger partial charge is 1.00 e. The molecule has 0 radical (unpaired) electrons. The van der Waals surface area contributed by atoms with Crippen LogP contribution in [0.4, 0.5) is 22.7 Å². The van der Waals surface area contributed by atoms with E-state index in [1.807, 2.05) is 26.0 Å². The molecule has 9 rings (SSSR count). The van der Waals surface area contributed by atoms with Gasteiger partial charge in [0.15, 0.2) is 11.9 Å². The second kappa shape index (κ2) is 17.4. The number of allylic oxidation sites excluding steroid dienone is 4. The average Bonchev–Trinajstić information content (AvgIpc) is 3.48. The minimum absolute atomic E-state index is 0. The Morgan fingerprint density at radius 1 is 0.772 bits per heavy atom. The van der Waals surface area contributed by atoms with E-state index in [4.69, 9.17) is 36.6 Å². The van der Waals surface area contributed by atoms with E-state index < -0.39 is 36.3 Å². The number of aliphatic hydroxyl groups excluding tert-OH is 3. The van der Waals surface area contributed by atoms with E-state index in [2.05, 4.69) is 128 Å². The van der Waals surface area contributed by atoms with E-state index in [1.165, 1.54) is 33.4 Å². The van der Waals surface area contributed by atoms with Crippen molar-refractivity contribution in [2.24, 2.45) is 0 Å². The third-order valence-corrected chi connectivity index (χ3v) is 9.64. The fourth-order valence-corrected chi connectivity index (χ4v) is 6.91. The van der Waals surface area contributed by atoms with Crippen LogP contribution in [0, 0.1) is 0 Å². The van der Waals surface area contributed by atoms with Gasteiger partial charge in [0.2, 0.25) is 5.76 Å². The third-order valence-electron chi connectivity index (χ3n) is 9.64. The molecule has 0 fully saturated rings. The van der Waals surface area contributed by atoms with Gasteiger partial charge in [-0.15, -0.1) is 41.4 Å². The molecule has 5 aliphatic rings. The summed E-state index contributed by atoms with van der Waals surface area (Å²) in [5.41, 5.74) is 13.4. The van der Waals surface area contributed by atoms with Crippen molar-refractivity contribution in [1.82, 2.24) is 0 Å². The molecule has 0 amide bonds. The summed E-state index contributed by atoms with van der Waals surface area (Å²) in [5.74, 6) is -2.87. The van der Waals surface area contributed by atoms with Crippen LogP contribution in [-0.4, -0.2) is 52.2 Å². The fraction of sp³-hybridized carbons (Fsp3) is 0.196. The SMILES string of the molecule is CC1=CC=c2ccc3c(c2[N-]1)[N-]C(C)=CC=3c1ccccc1.CC1C=Cc2ccc3c(c2[N-]1)[N-]C(C)C=C3c1ccccc1.O=C1OC(C(O)C[O-])C(O)=C1O.[Cu+]. The minimum Gasteiger partial charge on any atom is -0.853 e. The molecular weight excluding hydrogens is 768 g/mol. The molecule has 4 unspecified atom stereocenters. The van der Waals surface area contributed by atoms with Crippen LogP contribution in [0.3, 0.4) is 0 Å². The molecule has 5 aliphatic heterocycles. The van der Waals surface area contributed by atoms with Gasteiger partial charge in [-0.05, 0) is 43.8 Å². The van der Waals surface area contributed by atoms with Crippen molar-refractivity contribution >= 4 is 52.0 Å². The Hall–Kier alpha value is -5.97. The first kappa shape index (κ1) is 40.7. The van der Waals surface area contributed by atoms with E-state index in [-0.39, 0.29) is 29.2 Å². The van der Waals surface area contributed by atoms with Gasteiger partial charge in [0.05, 0.1) is 6.10 Å². The molecule has 5 heterocycles. The molecular formula is C46H41CuN4O6-4. The van der Waals surface area contributed by atoms with Crippen LogP contribution in [-0.2, 0) is 26.6 Å². The Morgan fingerprint density at radius 2 is 1.44 bits per heavy atom. The Kier molecular flexibility index (Phi) is 12.5. The normalized spacial score (nSPS) is 19.9. The summed E-state index contributed by atoms with van der Waals surface area (Å²) in [7, 11) is 0. The summed E-state index contributed by atoms with van der Waals surface area (Å²) in [6, 6.07) is 30.0. The number of carbonyl (C=O) groups excluding carboxylic acids is 1. The zero-order chi connectivity index (χ0) is 39.5. The predicted molar refractivity (Wildman–Crippen MR) is 220 cm³/mol. The van der Waals surface area contributed by atoms with E-state index in [0.717, 1.165) is 44.6 Å². The number of nitrogens with zero attached hydrogens (tertiary/aromatic N) is 4. The molecule has 296 valence electrons. The van der Waals surface area contributed by atoms with Gasteiger partial charge in [-0.25, -0.2) is 4.79 Å². The van der Waals surface area contributed by atoms with Gasteiger partial charge in [-0.3, -0.25) is 0 Å². The van der Waals surface area contributed by atoms with Crippen molar-refractivity contribution in [3.63, 3.8) is 0 Å². The zero-order valence-corrected chi connectivity index (χ0v) is 32.7. The summed E-state index contributed by atoms with van der Waals surface area (Å²) in [4.78, 5) is 10.5. The quantitative estimate of drug-likeness (QED) is 0.138. The van der Waals surface area contributed by atoms with Gasteiger partial charge in [-0.1, -0.05) is 149 Å². The molecule has 0 bridgehead atoms. The molecule has 0 saturated carbocycles. The summed E-state index contributed by atoms with van der Waals surface area (Å²) in [6.45, 7) is 7.38. The van der Waals surface area contributed by atoms with Crippen molar-refractivity contribution in [3.05, 3.63) is 186 Å². The molecule has 3 N–H and O–H groups in total. The second-order valence-electron chi connectivity index (χ2n) is 13.9. The van der Waals surface area contributed by atoms with Crippen molar-refractivity contribution in [2.75, 3.05) is 6.61 Å². The number of hydrogen-bond acceptors (Lipinski definition) is 6. The number of rotatable bonds is 4. The van der Waals surface area contributed by atoms with Crippen molar-refractivity contribution < 1.29 is 47.0 Å². The molecule has 11 heteroatoms. The summed E-state index contributed by atoms with van der Waals surface area (Å²) in [5, 5.41) is 58.1. The first-order valence-electron chi connectivity index (χ1n) is 18.4. The standard InChI is InChI=1S/C20H18N2.C20H16N2.C6H7O6.Cu/c2*1-13-8-9-16-10-11-17-18(15-6-4-3-5-7-15)12-14(2)22-20(17)19(16)21-13;7-1-2(8)5-3(9)4(10)6(11)12-5;/h3-14H,1-2H3;3-12H,1-2H3;2,5,8-10H,1H2;/q2*-2;-1;+1. The molecule has 0 aliphatic carbocycles. The van der Waals surface area contributed by atoms with Gasteiger partial charge in [0.1, 0.15) is 0 Å². The first-order chi connectivity index (χ1) is 27.0. The molecule has 4 aromatic carbocycles. The Morgan fingerprint density at radius 3 is 2.11 bits per heavy atom. The van der Waals surface area contributed by atoms with E-state index in [1.54, 1.807) is 0 Å². The Balaban J connectivity index is 0.000000150. The Labute approximate surface area is 342 Å². The molecule has 10 nitrogen and oxygen atoms in total. The second-order valence-corrected chi connectivity index (χ2v) is 13.9. The van der Waals surface area contributed by atoms with Gasteiger partial charge >= 0.3 is 23.0 Å². The van der Waals surface area contributed by atoms with Gasteiger partial charge in [-0.2, -0.15) is 11.4 Å². The van der Waals surface area contributed by atoms with Crippen molar-refractivity contribution in [3.8, 4) is 0 Å². The van der Waals surface area contributed by atoms with Crippen LogP contribution in [0.15, 0.2) is 132 Å². The summed E-state index contributed by atoms with van der Waals surface area (Å²) >= 11 is 0. The average molecular weight is 809 g/mol. The van der Waals surface area contributed by atoms with Crippen LogP contribution < -0.4 is 15.5 Å². The molecule has 0 spiro atoms. The number of aliphatic hydroxyl groups is 3. The van der Waals surface area contributed by atoms with Crippen LogP contribution >= 0.6 is 0 Å². The van der Waals surface area contributed by atoms with Crippen molar-refractivity contribution in [1.29, 1.82) is 0 Å². The van der Waals surface area contributed by atoms with Crippen LogP contribution in [0.5, 0.6) is 0 Å². The fourth-order valence-electron chi connectivity index (χ4n) is 6.91. The maximum atomic E-state index is 10.5.